The van der Waals surface area contributed by atoms with Gasteiger partial charge < -0.3 is 10.2 Å². The van der Waals surface area contributed by atoms with E-state index in [1.807, 2.05) is 0 Å². The van der Waals surface area contributed by atoms with Gasteiger partial charge in [0, 0.05) is 24.5 Å². The van der Waals surface area contributed by atoms with Crippen LogP contribution in [-0.4, -0.2) is 41.9 Å². The molecule has 0 heterocycles. The maximum atomic E-state index is 11.6. The van der Waals surface area contributed by atoms with Crippen molar-refractivity contribution < 1.29 is 23.4 Å². The molecule has 7 heteroatoms. The van der Waals surface area contributed by atoms with Crippen molar-refractivity contribution in [1.29, 1.82) is 0 Å². The van der Waals surface area contributed by atoms with Crippen LogP contribution in [0.5, 0.6) is 0 Å². The molecule has 112 valence electrons. The van der Waals surface area contributed by atoms with Gasteiger partial charge in [-0.2, -0.15) is 0 Å². The quantitative estimate of drug-likeness (QED) is 0.817. The molecule has 0 aliphatic rings. The summed E-state index contributed by atoms with van der Waals surface area (Å²) >= 11 is 1.05. The fraction of sp³-hybridized carbons (Fsp3) is 0.462. The number of thioether (sulfide) groups is 1. The molecule has 0 bridgehead atoms. The Kier molecular flexibility index (Phi) is 6.19. The Morgan fingerprint density at radius 1 is 1.30 bits per heavy atom. The van der Waals surface area contributed by atoms with Crippen LogP contribution in [0.2, 0.25) is 0 Å². The Hall–Kier alpha value is -0.890. The number of carbonyl (C=O) groups is 1. The van der Waals surface area contributed by atoms with Crippen LogP contribution in [0.15, 0.2) is 29.2 Å². The van der Waals surface area contributed by atoms with Crippen molar-refractivity contribution in [3.63, 3.8) is 0 Å². The van der Waals surface area contributed by atoms with Gasteiger partial charge in [-0.1, -0.05) is 30.0 Å². The van der Waals surface area contributed by atoms with Crippen LogP contribution >= 0.6 is 11.8 Å². The Morgan fingerprint density at radius 2 is 1.90 bits per heavy atom. The summed E-state index contributed by atoms with van der Waals surface area (Å²) in [7, 11) is -3.48. The van der Waals surface area contributed by atoms with Gasteiger partial charge in [0.15, 0.2) is 15.0 Å². The van der Waals surface area contributed by atoms with Crippen LogP contribution in [0, 0.1) is 0 Å². The average Bonchev–Trinajstić information content (AvgIpc) is 2.36. The number of sulfone groups is 1. The zero-order valence-electron chi connectivity index (χ0n) is 11.3. The second-order valence-electron chi connectivity index (χ2n) is 4.45. The van der Waals surface area contributed by atoms with E-state index in [1.54, 1.807) is 12.1 Å². The van der Waals surface area contributed by atoms with Gasteiger partial charge in [-0.3, -0.25) is 4.79 Å². The van der Waals surface area contributed by atoms with E-state index in [1.165, 1.54) is 19.1 Å². The van der Waals surface area contributed by atoms with Crippen LogP contribution in [0.3, 0.4) is 0 Å². The van der Waals surface area contributed by atoms with E-state index in [2.05, 4.69) is 0 Å². The molecule has 0 saturated heterocycles. The van der Waals surface area contributed by atoms with Gasteiger partial charge >= 0.3 is 0 Å². The molecule has 0 radical (unpaired) electrons. The van der Waals surface area contributed by atoms with Gasteiger partial charge in [0.2, 0.25) is 0 Å². The molecule has 20 heavy (non-hydrogen) atoms. The molecule has 0 saturated carbocycles. The van der Waals surface area contributed by atoms with Crippen LogP contribution in [-0.2, 0) is 14.6 Å². The molecule has 0 spiro atoms. The maximum Gasteiger partial charge on any atom is 0.185 e. The van der Waals surface area contributed by atoms with Crippen molar-refractivity contribution in [1.82, 2.24) is 0 Å². The summed E-state index contributed by atoms with van der Waals surface area (Å²) < 4.78 is 23.3. The van der Waals surface area contributed by atoms with Gasteiger partial charge in [0.1, 0.15) is 6.10 Å². The highest BCUT2D eigenvalue weighted by Crippen LogP contribution is 2.26. The summed E-state index contributed by atoms with van der Waals surface area (Å²) in [6, 6.07) is 6.03. The van der Waals surface area contributed by atoms with Crippen molar-refractivity contribution in [2.24, 2.45) is 0 Å². The molecule has 5 nitrogen and oxygen atoms in total. The highest BCUT2D eigenvalue weighted by molar-refractivity contribution is 8.13. The summed E-state index contributed by atoms with van der Waals surface area (Å²) in [5, 5.41) is 19.9. The Bertz CT molecular complexity index is 568. The summed E-state index contributed by atoms with van der Waals surface area (Å²) in [6.45, 7) is 1.42. The first kappa shape index (κ1) is 17.2. The minimum absolute atomic E-state index is 0.00534. The van der Waals surface area contributed by atoms with Crippen LogP contribution in [0.25, 0.3) is 0 Å². The van der Waals surface area contributed by atoms with E-state index >= 15 is 0 Å². The van der Waals surface area contributed by atoms with Crippen LogP contribution < -0.4 is 0 Å². The zero-order valence-corrected chi connectivity index (χ0v) is 12.9. The number of benzene rings is 1. The maximum absolute atomic E-state index is 11.6. The Balaban J connectivity index is 2.87. The van der Waals surface area contributed by atoms with E-state index in [4.69, 9.17) is 0 Å². The van der Waals surface area contributed by atoms with E-state index < -0.39 is 22.0 Å². The third-order valence-electron chi connectivity index (χ3n) is 2.72. The Morgan fingerprint density at radius 3 is 2.45 bits per heavy atom. The van der Waals surface area contributed by atoms with Gasteiger partial charge in [-0.15, -0.1) is 0 Å². The molecule has 0 aromatic heterocycles. The third-order valence-corrected chi connectivity index (χ3v) is 4.74. The van der Waals surface area contributed by atoms with E-state index in [-0.39, 0.29) is 22.0 Å². The minimum atomic E-state index is -3.48. The van der Waals surface area contributed by atoms with E-state index in [0.717, 1.165) is 18.0 Å². The summed E-state index contributed by atoms with van der Waals surface area (Å²) in [6.07, 6.45) is -1.17. The highest BCUT2D eigenvalue weighted by atomic mass is 32.2. The lowest BCUT2D eigenvalue weighted by molar-refractivity contribution is -0.109. The van der Waals surface area contributed by atoms with E-state index in [9.17, 15) is 23.4 Å². The molecular formula is C13H18O5S2. The highest BCUT2D eigenvalue weighted by Gasteiger charge is 2.24. The lowest BCUT2D eigenvalue weighted by Gasteiger charge is -2.20. The van der Waals surface area contributed by atoms with Gasteiger partial charge in [-0.25, -0.2) is 8.42 Å². The van der Waals surface area contributed by atoms with Gasteiger partial charge in [0.05, 0.1) is 11.0 Å². The number of hydrogen-bond acceptors (Lipinski definition) is 6. The predicted molar refractivity (Wildman–Crippen MR) is 78.3 cm³/mol. The van der Waals surface area contributed by atoms with Crippen molar-refractivity contribution in [3.05, 3.63) is 29.8 Å². The molecule has 0 fully saturated rings. The van der Waals surface area contributed by atoms with Crippen molar-refractivity contribution in [2.45, 2.75) is 30.4 Å². The largest absolute Gasteiger partial charge is 0.390 e. The minimum Gasteiger partial charge on any atom is -0.390 e. The van der Waals surface area contributed by atoms with Crippen molar-refractivity contribution in [3.8, 4) is 0 Å². The summed E-state index contributed by atoms with van der Waals surface area (Å²) in [5.41, 5.74) is 0.176. The molecule has 2 atom stereocenters. The predicted octanol–water partition coefficient (Wildman–Crippen LogP) is 1.15. The molecule has 1 aromatic carbocycles. The molecule has 2 N–H and O–H groups in total. The number of rotatable bonds is 6. The smallest absolute Gasteiger partial charge is 0.185 e. The van der Waals surface area contributed by atoms with Crippen LogP contribution in [0.4, 0.5) is 0 Å². The molecular weight excluding hydrogens is 300 g/mol. The van der Waals surface area contributed by atoms with Crippen LogP contribution in [0.1, 0.15) is 25.0 Å². The third kappa shape index (κ3) is 4.90. The zero-order chi connectivity index (χ0) is 15.3. The molecule has 1 rings (SSSR count). The second-order valence-corrected chi connectivity index (χ2v) is 7.71. The second kappa shape index (κ2) is 7.21. The molecule has 0 amide bonds. The monoisotopic (exact) mass is 318 g/mol. The van der Waals surface area contributed by atoms with Crippen molar-refractivity contribution >= 4 is 26.7 Å². The molecule has 0 aliphatic carbocycles. The molecule has 0 aliphatic heterocycles. The first-order chi connectivity index (χ1) is 9.23. The Labute approximate surface area is 122 Å². The summed E-state index contributed by atoms with van der Waals surface area (Å²) in [4.78, 5) is 10.8. The standard InChI is InChI=1S/C13H18O5S2/c1-9(14)19-8-7-11(15)13(16)10-5-3-4-6-12(10)20(2,17)18/h3-6,11,13,15-16H,7-8H2,1-2H3. The number of carbonyl (C=O) groups excluding carboxylic acids is 1. The molecule has 1 aromatic rings. The normalized spacial score (nSPS) is 14.8. The van der Waals surface area contributed by atoms with E-state index in [0.29, 0.717) is 5.75 Å². The fourth-order valence-electron chi connectivity index (χ4n) is 1.75. The van der Waals surface area contributed by atoms with Crippen molar-refractivity contribution in [2.75, 3.05) is 12.0 Å². The first-order valence-electron chi connectivity index (χ1n) is 6.02. The number of hydrogen-bond donors (Lipinski definition) is 2. The number of aliphatic hydroxyl groups excluding tert-OH is 2. The topological polar surface area (TPSA) is 91.7 Å². The first-order valence-corrected chi connectivity index (χ1v) is 8.89. The molecule has 2 unspecified atom stereocenters. The van der Waals surface area contributed by atoms with Gasteiger partial charge in [0.25, 0.3) is 0 Å². The lowest BCUT2D eigenvalue weighted by atomic mass is 10.0. The lowest BCUT2D eigenvalue weighted by Crippen LogP contribution is -2.21. The SMILES string of the molecule is CC(=O)SCCC(O)C(O)c1ccccc1S(C)(=O)=O. The van der Waals surface area contributed by atoms with Gasteiger partial charge in [-0.05, 0) is 12.5 Å². The summed E-state index contributed by atoms with van der Waals surface area (Å²) in [5.74, 6) is 0.370. The average molecular weight is 318 g/mol. The fourth-order valence-corrected chi connectivity index (χ4v) is 3.34. The number of aliphatic hydroxyl groups is 2.